The molecule has 32 heavy (non-hydrogen) atoms. The second-order valence-corrected chi connectivity index (χ2v) is 9.29. The van der Waals surface area contributed by atoms with Gasteiger partial charge in [0.05, 0.1) is 6.10 Å². The molecule has 2 heterocycles. The van der Waals surface area contributed by atoms with Crippen LogP contribution in [0.5, 0.6) is 0 Å². The molecule has 0 bridgehead atoms. The van der Waals surface area contributed by atoms with Gasteiger partial charge < -0.3 is 14.6 Å². The highest BCUT2D eigenvalue weighted by Gasteiger charge is 2.16. The topological polar surface area (TPSA) is 72.7 Å². The summed E-state index contributed by atoms with van der Waals surface area (Å²) in [5, 5.41) is 2.94. The molecular weight excluding hydrogens is 422 g/mol. The molecule has 1 aliphatic heterocycles. The third-order valence-electron chi connectivity index (χ3n) is 5.38. The Labute approximate surface area is 191 Å². The number of aryl methyl sites for hydroxylation is 2. The summed E-state index contributed by atoms with van der Waals surface area (Å²) in [5.74, 6) is -0.340. The summed E-state index contributed by atoms with van der Waals surface area (Å²) >= 11 is 1.49. The van der Waals surface area contributed by atoms with Gasteiger partial charge in [-0.3, -0.25) is 9.59 Å². The molecule has 2 aromatic carbocycles. The lowest BCUT2D eigenvalue weighted by atomic mass is 10.1. The zero-order valence-electron chi connectivity index (χ0n) is 18.3. The second-order valence-electron chi connectivity index (χ2n) is 8.08. The van der Waals surface area contributed by atoms with Crippen LogP contribution in [0, 0.1) is 13.8 Å². The Balaban J connectivity index is 1.45. The number of ether oxygens (including phenoxy) is 1. The van der Waals surface area contributed by atoms with E-state index in [-0.39, 0.29) is 17.9 Å². The molecule has 1 saturated heterocycles. The summed E-state index contributed by atoms with van der Waals surface area (Å²) in [7, 11) is 0. The minimum Gasteiger partial charge on any atom is -0.376 e. The lowest BCUT2D eigenvalue weighted by Crippen LogP contribution is -2.31. The summed E-state index contributed by atoms with van der Waals surface area (Å²) in [6, 6.07) is 15.0. The van der Waals surface area contributed by atoms with E-state index in [0.29, 0.717) is 29.0 Å². The van der Waals surface area contributed by atoms with Gasteiger partial charge in [-0.05, 0) is 56.5 Å². The van der Waals surface area contributed by atoms with E-state index in [1.807, 2.05) is 67.1 Å². The number of hydrogen-bond donors (Lipinski definition) is 1. The van der Waals surface area contributed by atoms with Crippen LogP contribution in [0.1, 0.15) is 49.6 Å². The highest BCUT2D eigenvalue weighted by atomic mass is 32.1. The summed E-state index contributed by atoms with van der Waals surface area (Å²) < 4.78 is 7.52. The number of aromatic nitrogens is 1. The zero-order valence-corrected chi connectivity index (χ0v) is 19.2. The van der Waals surface area contributed by atoms with Crippen molar-refractivity contribution in [1.29, 1.82) is 0 Å². The number of nitrogens with one attached hydrogen (secondary N) is 1. The highest BCUT2D eigenvalue weighted by molar-refractivity contribution is 7.09. The molecule has 0 unspecified atom stereocenters. The average molecular weight is 450 g/mol. The van der Waals surface area contributed by atoms with Crippen molar-refractivity contribution in [3.8, 4) is 0 Å². The molecule has 166 valence electrons. The summed E-state index contributed by atoms with van der Waals surface area (Å²) in [6.07, 6.45) is 4.17. The van der Waals surface area contributed by atoms with E-state index >= 15 is 0 Å². The van der Waals surface area contributed by atoms with Crippen LogP contribution in [0.2, 0.25) is 0 Å². The molecular formula is C25H27N3O3S. The number of thiazole rings is 1. The molecule has 0 spiro atoms. The predicted molar refractivity (Wildman–Crippen MR) is 125 cm³/mol. The number of hydrogen-bond acceptors (Lipinski definition) is 4. The van der Waals surface area contributed by atoms with Crippen LogP contribution >= 0.6 is 11.3 Å². The van der Waals surface area contributed by atoms with Crippen LogP contribution in [-0.4, -0.2) is 35.6 Å². The van der Waals surface area contributed by atoms with Gasteiger partial charge in [-0.15, -0.1) is 11.3 Å². The van der Waals surface area contributed by atoms with Crippen LogP contribution in [0.4, 0.5) is 0 Å². The Morgan fingerprint density at radius 3 is 2.69 bits per heavy atom. The van der Waals surface area contributed by atoms with Crippen molar-refractivity contribution in [2.45, 2.75) is 39.3 Å². The minimum absolute atomic E-state index is 0.0921. The Hall–Kier alpha value is -3.03. The minimum atomic E-state index is -0.248. The molecule has 1 atom stereocenters. The van der Waals surface area contributed by atoms with Crippen molar-refractivity contribution in [3.05, 3.63) is 86.7 Å². The van der Waals surface area contributed by atoms with E-state index in [4.69, 9.17) is 4.74 Å². The van der Waals surface area contributed by atoms with E-state index in [2.05, 4.69) is 10.3 Å². The molecule has 0 radical (unpaired) electrons. The number of amides is 2. The maximum atomic E-state index is 12.6. The fourth-order valence-corrected chi connectivity index (χ4v) is 4.54. The van der Waals surface area contributed by atoms with Crippen LogP contribution in [-0.2, 0) is 11.3 Å². The lowest BCUT2D eigenvalue weighted by Gasteiger charge is -2.11. The maximum Gasteiger partial charge on any atom is 0.279 e. The van der Waals surface area contributed by atoms with E-state index in [1.54, 1.807) is 6.07 Å². The molecule has 7 heteroatoms. The van der Waals surface area contributed by atoms with E-state index in [0.717, 1.165) is 35.5 Å². The number of rotatable bonds is 6. The predicted octanol–water partition coefficient (Wildman–Crippen LogP) is 3.86. The first kappa shape index (κ1) is 22.2. The summed E-state index contributed by atoms with van der Waals surface area (Å²) in [6.45, 7) is 5.85. The van der Waals surface area contributed by atoms with Crippen LogP contribution in [0.3, 0.4) is 0 Å². The van der Waals surface area contributed by atoms with Gasteiger partial charge >= 0.3 is 0 Å². The van der Waals surface area contributed by atoms with Crippen molar-refractivity contribution >= 4 is 23.2 Å². The average Bonchev–Trinajstić information content (AvgIpc) is 3.42. The first-order chi connectivity index (χ1) is 15.5. The van der Waals surface area contributed by atoms with Crippen LogP contribution in [0.15, 0.2) is 59.7 Å². The van der Waals surface area contributed by atoms with Crippen molar-refractivity contribution in [1.82, 2.24) is 9.88 Å². The lowest BCUT2D eigenvalue weighted by molar-refractivity contribution is 0.0857. The monoisotopic (exact) mass is 449 g/mol. The quantitative estimate of drug-likeness (QED) is 0.621. The molecule has 1 aromatic heterocycles. The van der Waals surface area contributed by atoms with Crippen molar-refractivity contribution in [2.75, 3.05) is 13.2 Å². The van der Waals surface area contributed by atoms with E-state index in [1.165, 1.54) is 11.3 Å². The maximum absolute atomic E-state index is 12.6. The van der Waals surface area contributed by atoms with Crippen LogP contribution in [0.25, 0.3) is 0 Å². The molecule has 0 saturated carbocycles. The number of carbonyl (C=O) groups is 2. The Kier molecular flexibility index (Phi) is 6.97. The van der Waals surface area contributed by atoms with Gasteiger partial charge in [0.2, 0.25) is 0 Å². The SMILES string of the molecule is Cc1cccc(C(=O)N=c2sc(C)cn2Cc2ccc(C(=O)NC[C@@H]3CCCO3)cc2)c1. The molecule has 2 amide bonds. The van der Waals surface area contributed by atoms with Gasteiger partial charge in [-0.25, -0.2) is 0 Å². The largest absolute Gasteiger partial charge is 0.376 e. The molecule has 0 aliphatic carbocycles. The van der Waals surface area contributed by atoms with Gasteiger partial charge in [0.25, 0.3) is 11.8 Å². The summed E-state index contributed by atoms with van der Waals surface area (Å²) in [5.41, 5.74) is 3.27. The smallest absolute Gasteiger partial charge is 0.279 e. The molecule has 1 N–H and O–H groups in total. The molecule has 3 aromatic rings. The molecule has 4 rings (SSSR count). The van der Waals surface area contributed by atoms with Gasteiger partial charge in [0, 0.05) is 41.9 Å². The van der Waals surface area contributed by atoms with E-state index < -0.39 is 0 Å². The molecule has 6 nitrogen and oxygen atoms in total. The van der Waals surface area contributed by atoms with Crippen molar-refractivity contribution in [2.24, 2.45) is 4.99 Å². The third kappa shape index (κ3) is 5.60. The highest BCUT2D eigenvalue weighted by Crippen LogP contribution is 2.12. The fraction of sp³-hybridized carbons (Fsp3) is 0.320. The number of benzene rings is 2. The van der Waals surface area contributed by atoms with Gasteiger partial charge in [0.15, 0.2) is 4.80 Å². The standard InChI is InChI=1S/C25H27N3O3S/c1-17-5-3-6-21(13-17)24(30)27-25-28(15-18(2)32-25)16-19-8-10-20(11-9-19)23(29)26-14-22-7-4-12-31-22/h3,5-6,8-11,13,15,22H,4,7,12,14,16H2,1-2H3,(H,26,29)/t22-/m0/s1. The normalized spacial score (nSPS) is 16.3. The second kappa shape index (κ2) is 10.1. The van der Waals surface area contributed by atoms with Gasteiger partial charge in [0.1, 0.15) is 0 Å². The van der Waals surface area contributed by atoms with Crippen molar-refractivity contribution in [3.63, 3.8) is 0 Å². The first-order valence-corrected chi connectivity index (χ1v) is 11.6. The van der Waals surface area contributed by atoms with Gasteiger partial charge in [-0.2, -0.15) is 4.99 Å². The Morgan fingerprint density at radius 1 is 1.16 bits per heavy atom. The first-order valence-electron chi connectivity index (χ1n) is 10.8. The number of nitrogens with zero attached hydrogens (tertiary/aromatic N) is 2. The van der Waals surface area contributed by atoms with Crippen LogP contribution < -0.4 is 10.1 Å². The molecule has 1 fully saturated rings. The fourth-order valence-electron chi connectivity index (χ4n) is 3.71. The van der Waals surface area contributed by atoms with Gasteiger partial charge in [-0.1, -0.05) is 29.8 Å². The Morgan fingerprint density at radius 2 is 1.97 bits per heavy atom. The van der Waals surface area contributed by atoms with E-state index in [9.17, 15) is 9.59 Å². The Bertz CT molecular complexity index is 1170. The zero-order chi connectivity index (χ0) is 22.5. The molecule has 1 aliphatic rings. The number of carbonyl (C=O) groups excluding carboxylic acids is 2. The van der Waals surface area contributed by atoms with Crippen molar-refractivity contribution < 1.29 is 14.3 Å². The third-order valence-corrected chi connectivity index (χ3v) is 6.32. The summed E-state index contributed by atoms with van der Waals surface area (Å²) in [4.78, 5) is 31.1.